The van der Waals surface area contributed by atoms with Gasteiger partial charge >= 0.3 is 0 Å². The number of carbonyl (C=O) groups excluding carboxylic acids is 1. The molecule has 5 nitrogen and oxygen atoms in total. The Morgan fingerprint density at radius 3 is 3.00 bits per heavy atom. The van der Waals surface area contributed by atoms with Crippen molar-refractivity contribution in [3.05, 3.63) is 17.8 Å². The average molecular weight is 225 g/mol. The molecule has 1 aromatic rings. The predicted octanol–water partition coefficient (Wildman–Crippen LogP) is 1.31. The van der Waals surface area contributed by atoms with Crippen LogP contribution in [0.5, 0.6) is 0 Å². The van der Waals surface area contributed by atoms with Crippen LogP contribution in [0, 0.1) is 0 Å². The Morgan fingerprint density at radius 1 is 1.50 bits per heavy atom. The molecule has 5 heteroatoms. The van der Waals surface area contributed by atoms with E-state index in [2.05, 4.69) is 22.5 Å². The topological polar surface area (TPSA) is 67.2 Å². The number of rotatable bonds is 7. The van der Waals surface area contributed by atoms with Crippen LogP contribution >= 0.6 is 0 Å². The average Bonchev–Trinajstić information content (AvgIpc) is 2.73. The summed E-state index contributed by atoms with van der Waals surface area (Å²) in [4.78, 5) is 15.6. The maximum Gasteiger partial charge on any atom is 0.273 e. The molecule has 90 valence electrons. The zero-order valence-corrected chi connectivity index (χ0v) is 9.88. The fraction of sp³-hybridized carbons (Fsp3) is 0.636. The smallest absolute Gasteiger partial charge is 0.273 e. The molecule has 0 atom stereocenters. The quantitative estimate of drug-likeness (QED) is 0.687. The Morgan fingerprint density at radius 2 is 2.31 bits per heavy atom. The summed E-state index contributed by atoms with van der Waals surface area (Å²) in [5, 5.41) is 5.72. The van der Waals surface area contributed by atoms with Gasteiger partial charge < -0.3 is 15.1 Å². The molecule has 0 fully saturated rings. The summed E-state index contributed by atoms with van der Waals surface area (Å²) >= 11 is 0. The minimum atomic E-state index is -0.165. The molecule has 0 aromatic carbocycles. The minimum Gasteiger partial charge on any atom is -0.447 e. The fourth-order valence-electron chi connectivity index (χ4n) is 1.32. The Balaban J connectivity index is 2.34. The van der Waals surface area contributed by atoms with Crippen molar-refractivity contribution in [3.8, 4) is 0 Å². The number of amides is 1. The SMILES string of the molecule is CCCCCNC(=O)c1coc(CNC)n1. The Hall–Kier alpha value is -1.36. The number of nitrogens with one attached hydrogen (secondary N) is 2. The lowest BCUT2D eigenvalue weighted by atomic mass is 10.2. The van der Waals surface area contributed by atoms with Crippen LogP contribution in [0.15, 0.2) is 10.7 Å². The van der Waals surface area contributed by atoms with Crippen LogP contribution in [-0.4, -0.2) is 24.5 Å². The molecule has 1 heterocycles. The van der Waals surface area contributed by atoms with Gasteiger partial charge in [-0.1, -0.05) is 19.8 Å². The van der Waals surface area contributed by atoms with Crippen molar-refractivity contribution in [2.24, 2.45) is 0 Å². The summed E-state index contributed by atoms with van der Waals surface area (Å²) in [5.74, 6) is 0.364. The largest absolute Gasteiger partial charge is 0.447 e. The van der Waals surface area contributed by atoms with Gasteiger partial charge in [0.15, 0.2) is 5.69 Å². The molecule has 1 aromatic heterocycles. The molecule has 16 heavy (non-hydrogen) atoms. The monoisotopic (exact) mass is 225 g/mol. The van der Waals surface area contributed by atoms with Crippen molar-refractivity contribution in [2.45, 2.75) is 32.7 Å². The highest BCUT2D eigenvalue weighted by molar-refractivity contribution is 5.91. The van der Waals surface area contributed by atoms with Crippen LogP contribution in [0.3, 0.4) is 0 Å². The molecule has 2 N–H and O–H groups in total. The minimum absolute atomic E-state index is 0.165. The Bertz CT molecular complexity index is 323. The van der Waals surface area contributed by atoms with E-state index in [-0.39, 0.29) is 5.91 Å². The van der Waals surface area contributed by atoms with Crippen LogP contribution in [0.2, 0.25) is 0 Å². The molecule has 0 aliphatic rings. The molecule has 0 saturated heterocycles. The number of hydrogen-bond acceptors (Lipinski definition) is 4. The van der Waals surface area contributed by atoms with Gasteiger partial charge in [-0.05, 0) is 13.5 Å². The van der Waals surface area contributed by atoms with Gasteiger partial charge in [0.2, 0.25) is 5.89 Å². The maximum atomic E-state index is 11.6. The van der Waals surface area contributed by atoms with E-state index >= 15 is 0 Å². The van der Waals surface area contributed by atoms with Gasteiger partial charge in [-0.25, -0.2) is 4.98 Å². The number of nitrogens with zero attached hydrogens (tertiary/aromatic N) is 1. The Kier molecular flexibility index (Phi) is 5.56. The normalized spacial score (nSPS) is 10.4. The van der Waals surface area contributed by atoms with Gasteiger partial charge in [0.05, 0.1) is 6.54 Å². The third kappa shape index (κ3) is 4.02. The summed E-state index contributed by atoms with van der Waals surface area (Å²) in [7, 11) is 1.80. The first-order valence-corrected chi connectivity index (χ1v) is 5.65. The van der Waals surface area contributed by atoms with E-state index in [1.165, 1.54) is 6.26 Å². The van der Waals surface area contributed by atoms with E-state index in [0.717, 1.165) is 19.3 Å². The van der Waals surface area contributed by atoms with E-state index in [4.69, 9.17) is 4.42 Å². The van der Waals surface area contributed by atoms with Gasteiger partial charge in [0, 0.05) is 6.54 Å². The molecule has 0 unspecified atom stereocenters. The molecule has 1 rings (SSSR count). The molecule has 0 aliphatic carbocycles. The zero-order chi connectivity index (χ0) is 11.8. The predicted molar refractivity (Wildman–Crippen MR) is 61.1 cm³/mol. The second-order valence-electron chi connectivity index (χ2n) is 3.62. The van der Waals surface area contributed by atoms with Gasteiger partial charge in [0.1, 0.15) is 6.26 Å². The first-order chi connectivity index (χ1) is 7.77. The summed E-state index contributed by atoms with van der Waals surface area (Å²) in [6, 6.07) is 0. The highest BCUT2D eigenvalue weighted by Gasteiger charge is 2.10. The lowest BCUT2D eigenvalue weighted by Crippen LogP contribution is -2.24. The van der Waals surface area contributed by atoms with Crippen LogP contribution in [0.1, 0.15) is 42.6 Å². The number of oxazole rings is 1. The second-order valence-corrected chi connectivity index (χ2v) is 3.62. The fourth-order valence-corrected chi connectivity index (χ4v) is 1.32. The third-order valence-corrected chi connectivity index (χ3v) is 2.18. The van der Waals surface area contributed by atoms with E-state index in [1.807, 2.05) is 0 Å². The molecular formula is C11H19N3O2. The molecule has 1 amide bonds. The molecule has 0 spiro atoms. The van der Waals surface area contributed by atoms with Gasteiger partial charge in [-0.2, -0.15) is 0 Å². The van der Waals surface area contributed by atoms with E-state index in [0.29, 0.717) is 24.7 Å². The summed E-state index contributed by atoms with van der Waals surface area (Å²) in [6.45, 7) is 3.35. The first kappa shape index (κ1) is 12.7. The van der Waals surface area contributed by atoms with Gasteiger partial charge in [0.25, 0.3) is 5.91 Å². The van der Waals surface area contributed by atoms with E-state index < -0.39 is 0 Å². The van der Waals surface area contributed by atoms with Crippen LogP contribution in [-0.2, 0) is 6.54 Å². The number of unbranched alkanes of at least 4 members (excludes halogenated alkanes) is 2. The number of hydrogen-bond donors (Lipinski definition) is 2. The van der Waals surface area contributed by atoms with Crippen molar-refractivity contribution < 1.29 is 9.21 Å². The molecular weight excluding hydrogens is 206 g/mol. The first-order valence-electron chi connectivity index (χ1n) is 5.65. The van der Waals surface area contributed by atoms with Crippen molar-refractivity contribution in [3.63, 3.8) is 0 Å². The van der Waals surface area contributed by atoms with Crippen LogP contribution < -0.4 is 10.6 Å². The highest BCUT2D eigenvalue weighted by atomic mass is 16.3. The second kappa shape index (κ2) is 7.00. The highest BCUT2D eigenvalue weighted by Crippen LogP contribution is 2.01. The summed E-state index contributed by atoms with van der Waals surface area (Å²) in [6.07, 6.45) is 4.67. The molecule has 0 radical (unpaired) electrons. The standard InChI is InChI=1S/C11H19N3O2/c1-3-4-5-6-13-11(15)9-8-16-10(14-9)7-12-2/h8,12H,3-7H2,1-2H3,(H,13,15). The van der Waals surface area contributed by atoms with Crippen LogP contribution in [0.4, 0.5) is 0 Å². The maximum absolute atomic E-state index is 11.6. The van der Waals surface area contributed by atoms with Gasteiger partial charge in [-0.15, -0.1) is 0 Å². The van der Waals surface area contributed by atoms with Gasteiger partial charge in [-0.3, -0.25) is 4.79 Å². The molecule has 0 aliphatic heterocycles. The number of carbonyl (C=O) groups is 1. The molecule has 0 saturated carbocycles. The Labute approximate surface area is 95.6 Å². The van der Waals surface area contributed by atoms with E-state index in [9.17, 15) is 4.79 Å². The van der Waals surface area contributed by atoms with Crippen LogP contribution in [0.25, 0.3) is 0 Å². The summed E-state index contributed by atoms with van der Waals surface area (Å²) in [5.41, 5.74) is 0.349. The lowest BCUT2D eigenvalue weighted by Gasteiger charge is -2.00. The van der Waals surface area contributed by atoms with E-state index in [1.54, 1.807) is 7.05 Å². The van der Waals surface area contributed by atoms with Crippen molar-refractivity contribution in [1.82, 2.24) is 15.6 Å². The number of aromatic nitrogens is 1. The third-order valence-electron chi connectivity index (χ3n) is 2.18. The van der Waals surface area contributed by atoms with Crippen molar-refractivity contribution in [2.75, 3.05) is 13.6 Å². The summed E-state index contributed by atoms with van der Waals surface area (Å²) < 4.78 is 5.12. The molecule has 0 bridgehead atoms. The van der Waals surface area contributed by atoms with Crippen molar-refractivity contribution >= 4 is 5.91 Å². The lowest BCUT2D eigenvalue weighted by molar-refractivity contribution is 0.0948. The zero-order valence-electron chi connectivity index (χ0n) is 9.88. The van der Waals surface area contributed by atoms with Crippen molar-refractivity contribution in [1.29, 1.82) is 0 Å².